The average Bonchev–Trinajstić information content (AvgIpc) is 3.41. The Kier molecular flexibility index (Phi) is 5.68. The van der Waals surface area contributed by atoms with E-state index in [2.05, 4.69) is 10.3 Å². The number of nitrogens with one attached hydrogen (secondary N) is 1. The molecule has 1 aliphatic heterocycles. The van der Waals surface area contributed by atoms with Crippen molar-refractivity contribution >= 4 is 32.4 Å². The molecule has 2 heterocycles. The summed E-state index contributed by atoms with van der Waals surface area (Å²) in [4.78, 5) is 16.6. The Morgan fingerprint density at radius 1 is 1.13 bits per heavy atom. The molecule has 0 atom stereocenters. The highest BCUT2D eigenvalue weighted by atomic mass is 32.2. The number of rotatable bonds is 5. The fourth-order valence-corrected chi connectivity index (χ4v) is 5.59. The fraction of sp³-hybridized carbons (Fsp3) is 0.238. The van der Waals surface area contributed by atoms with E-state index in [1.165, 1.54) is 21.7 Å². The van der Waals surface area contributed by atoms with Crippen LogP contribution in [-0.2, 0) is 10.0 Å². The molecular weight excluding hydrogens is 425 g/mol. The molecule has 2 aromatic carbocycles. The van der Waals surface area contributed by atoms with Gasteiger partial charge in [0.1, 0.15) is 10.7 Å². The number of benzene rings is 2. The highest BCUT2D eigenvalue weighted by molar-refractivity contribution is 7.89. The molecule has 0 spiro atoms. The second kappa shape index (κ2) is 8.25. The Labute approximate surface area is 178 Å². The van der Waals surface area contributed by atoms with Crippen molar-refractivity contribution in [2.45, 2.75) is 24.7 Å². The van der Waals surface area contributed by atoms with E-state index < -0.39 is 26.6 Å². The first kappa shape index (κ1) is 20.6. The van der Waals surface area contributed by atoms with E-state index in [1.54, 1.807) is 0 Å². The van der Waals surface area contributed by atoms with Crippen LogP contribution in [0.15, 0.2) is 52.7 Å². The molecular formula is C21H20FN3O3S2. The van der Waals surface area contributed by atoms with Crippen LogP contribution in [0.2, 0.25) is 0 Å². The van der Waals surface area contributed by atoms with Gasteiger partial charge in [0.15, 0.2) is 5.13 Å². The van der Waals surface area contributed by atoms with E-state index in [0.717, 1.165) is 41.8 Å². The molecule has 0 unspecified atom stereocenters. The van der Waals surface area contributed by atoms with Gasteiger partial charge in [-0.05, 0) is 38.0 Å². The lowest BCUT2D eigenvalue weighted by Crippen LogP contribution is -2.29. The van der Waals surface area contributed by atoms with E-state index in [1.807, 2.05) is 36.6 Å². The first-order chi connectivity index (χ1) is 14.3. The summed E-state index contributed by atoms with van der Waals surface area (Å²) < 4.78 is 41.0. The predicted molar refractivity (Wildman–Crippen MR) is 115 cm³/mol. The number of nitrogens with zero attached hydrogens (tertiary/aromatic N) is 2. The van der Waals surface area contributed by atoms with Gasteiger partial charge in [-0.25, -0.2) is 17.8 Å². The lowest BCUT2D eigenvalue weighted by Gasteiger charge is -2.16. The third-order valence-electron chi connectivity index (χ3n) is 4.95. The van der Waals surface area contributed by atoms with Crippen molar-refractivity contribution in [1.82, 2.24) is 9.29 Å². The van der Waals surface area contributed by atoms with Crippen molar-refractivity contribution in [2.75, 3.05) is 18.4 Å². The summed E-state index contributed by atoms with van der Waals surface area (Å²) in [6, 6.07) is 11.2. The molecule has 1 amide bonds. The van der Waals surface area contributed by atoms with Gasteiger partial charge in [0.05, 0.1) is 5.69 Å². The fourth-order valence-electron chi connectivity index (χ4n) is 3.27. The molecule has 9 heteroatoms. The number of carbonyl (C=O) groups is 1. The van der Waals surface area contributed by atoms with Gasteiger partial charge < -0.3 is 0 Å². The summed E-state index contributed by atoms with van der Waals surface area (Å²) in [5, 5.41) is 4.87. The molecule has 4 rings (SSSR count). The SMILES string of the molecule is Cc1ccc(-c2csc(NC(=O)c3ccc(F)c(S(=O)(=O)N4CCCC4)c3)n2)cc1. The monoisotopic (exact) mass is 445 g/mol. The minimum Gasteiger partial charge on any atom is -0.298 e. The lowest BCUT2D eigenvalue weighted by atomic mass is 10.1. The van der Waals surface area contributed by atoms with Crippen molar-refractivity contribution in [3.63, 3.8) is 0 Å². The van der Waals surface area contributed by atoms with Gasteiger partial charge in [-0.1, -0.05) is 29.8 Å². The zero-order valence-corrected chi connectivity index (χ0v) is 17.9. The summed E-state index contributed by atoms with van der Waals surface area (Å²) in [6.45, 7) is 2.72. The molecule has 0 radical (unpaired) electrons. The Morgan fingerprint density at radius 2 is 1.83 bits per heavy atom. The molecule has 6 nitrogen and oxygen atoms in total. The summed E-state index contributed by atoms with van der Waals surface area (Å²) >= 11 is 1.26. The van der Waals surface area contributed by atoms with Crippen LogP contribution in [-0.4, -0.2) is 36.7 Å². The molecule has 1 fully saturated rings. The molecule has 1 N–H and O–H groups in total. The van der Waals surface area contributed by atoms with Crippen LogP contribution < -0.4 is 5.32 Å². The van der Waals surface area contributed by atoms with Gasteiger partial charge in [0.25, 0.3) is 5.91 Å². The quantitative estimate of drug-likeness (QED) is 0.635. The second-order valence-corrected chi connectivity index (χ2v) is 9.88. The maximum Gasteiger partial charge on any atom is 0.257 e. The minimum absolute atomic E-state index is 0.0567. The lowest BCUT2D eigenvalue weighted by molar-refractivity contribution is 0.102. The zero-order valence-electron chi connectivity index (χ0n) is 16.3. The molecule has 1 aromatic heterocycles. The molecule has 1 saturated heterocycles. The van der Waals surface area contributed by atoms with Crippen LogP contribution >= 0.6 is 11.3 Å². The Balaban J connectivity index is 1.55. The number of sulfonamides is 1. The highest BCUT2D eigenvalue weighted by Crippen LogP contribution is 2.27. The topological polar surface area (TPSA) is 79.4 Å². The number of hydrogen-bond donors (Lipinski definition) is 1. The number of carbonyl (C=O) groups excluding carboxylic acids is 1. The minimum atomic E-state index is -3.97. The van der Waals surface area contributed by atoms with Crippen LogP contribution in [0.1, 0.15) is 28.8 Å². The van der Waals surface area contributed by atoms with Gasteiger partial charge in [0, 0.05) is 29.6 Å². The first-order valence-corrected chi connectivity index (χ1v) is 11.8. The van der Waals surface area contributed by atoms with Crippen molar-refractivity contribution in [1.29, 1.82) is 0 Å². The maximum atomic E-state index is 14.3. The molecule has 30 heavy (non-hydrogen) atoms. The zero-order chi connectivity index (χ0) is 21.3. The summed E-state index contributed by atoms with van der Waals surface area (Å²) in [5.41, 5.74) is 2.85. The van der Waals surface area contributed by atoms with Crippen molar-refractivity contribution in [2.24, 2.45) is 0 Å². The van der Waals surface area contributed by atoms with Gasteiger partial charge in [-0.3, -0.25) is 10.1 Å². The summed E-state index contributed by atoms with van der Waals surface area (Å²) in [7, 11) is -3.97. The van der Waals surface area contributed by atoms with E-state index in [4.69, 9.17) is 0 Å². The molecule has 1 aliphatic rings. The molecule has 3 aromatic rings. The highest BCUT2D eigenvalue weighted by Gasteiger charge is 2.30. The normalized spacial score (nSPS) is 14.7. The molecule has 156 valence electrons. The van der Waals surface area contributed by atoms with Gasteiger partial charge in [-0.2, -0.15) is 4.31 Å². The Hall–Kier alpha value is -2.62. The van der Waals surface area contributed by atoms with E-state index in [-0.39, 0.29) is 5.56 Å². The Morgan fingerprint density at radius 3 is 2.53 bits per heavy atom. The van der Waals surface area contributed by atoms with Gasteiger partial charge >= 0.3 is 0 Å². The molecule has 0 bridgehead atoms. The Bertz CT molecular complexity index is 1180. The number of amides is 1. The van der Waals surface area contributed by atoms with Gasteiger partial charge in [-0.15, -0.1) is 11.3 Å². The second-order valence-electron chi connectivity index (χ2n) is 7.11. The summed E-state index contributed by atoms with van der Waals surface area (Å²) in [5.74, 6) is -1.41. The molecule has 0 aliphatic carbocycles. The largest absolute Gasteiger partial charge is 0.298 e. The number of hydrogen-bond acceptors (Lipinski definition) is 5. The standard InChI is InChI=1S/C21H20FN3O3S2/c1-14-4-6-15(7-5-14)18-13-29-21(23-18)24-20(26)16-8-9-17(22)19(12-16)30(27,28)25-10-2-3-11-25/h4-9,12-13H,2-3,10-11H2,1H3,(H,23,24,26). The number of aryl methyl sites for hydroxylation is 1. The third-order valence-corrected chi connectivity index (χ3v) is 7.62. The van der Waals surface area contributed by atoms with E-state index in [0.29, 0.717) is 18.2 Å². The van der Waals surface area contributed by atoms with E-state index in [9.17, 15) is 17.6 Å². The van der Waals surface area contributed by atoms with Crippen molar-refractivity contribution in [3.8, 4) is 11.3 Å². The third kappa shape index (κ3) is 4.14. The number of aromatic nitrogens is 1. The molecule has 0 saturated carbocycles. The maximum absolute atomic E-state index is 14.3. The number of thiazole rings is 1. The first-order valence-electron chi connectivity index (χ1n) is 9.48. The van der Waals surface area contributed by atoms with Crippen molar-refractivity contribution in [3.05, 3.63) is 64.8 Å². The van der Waals surface area contributed by atoms with Crippen LogP contribution in [0.25, 0.3) is 11.3 Å². The van der Waals surface area contributed by atoms with Gasteiger partial charge in [0.2, 0.25) is 10.0 Å². The van der Waals surface area contributed by atoms with Crippen molar-refractivity contribution < 1.29 is 17.6 Å². The van der Waals surface area contributed by atoms with Crippen LogP contribution in [0.4, 0.5) is 9.52 Å². The van der Waals surface area contributed by atoms with E-state index >= 15 is 0 Å². The van der Waals surface area contributed by atoms with Crippen LogP contribution in [0.3, 0.4) is 0 Å². The predicted octanol–water partition coefficient (Wildman–Crippen LogP) is 4.29. The van der Waals surface area contributed by atoms with Crippen LogP contribution in [0, 0.1) is 12.7 Å². The number of halogens is 1. The summed E-state index contributed by atoms with van der Waals surface area (Å²) in [6.07, 6.45) is 1.49. The average molecular weight is 446 g/mol. The van der Waals surface area contributed by atoms with Crippen LogP contribution in [0.5, 0.6) is 0 Å². The smallest absolute Gasteiger partial charge is 0.257 e. The number of anilines is 1.